The van der Waals surface area contributed by atoms with Crippen LogP contribution < -0.4 is 5.32 Å². The van der Waals surface area contributed by atoms with Crippen LogP contribution in [0.2, 0.25) is 0 Å². The summed E-state index contributed by atoms with van der Waals surface area (Å²) in [4.78, 5) is 0. The summed E-state index contributed by atoms with van der Waals surface area (Å²) in [7, 11) is 2.12. The quantitative estimate of drug-likeness (QED) is 0.638. The van der Waals surface area contributed by atoms with Crippen LogP contribution in [-0.2, 0) is 0 Å². The molecule has 2 aliphatic carbocycles. The second kappa shape index (κ2) is 3.14. The van der Waals surface area contributed by atoms with E-state index in [2.05, 4.69) is 12.4 Å². The maximum absolute atomic E-state index is 3.44. The zero-order valence-electron chi connectivity index (χ0n) is 7.47. The fourth-order valence-corrected chi connectivity index (χ4v) is 1.84. The normalized spacial score (nSPS) is 24.5. The minimum absolute atomic E-state index is 0.843. The van der Waals surface area contributed by atoms with Crippen molar-refractivity contribution in [2.75, 3.05) is 7.05 Å². The van der Waals surface area contributed by atoms with Crippen LogP contribution in [0.4, 0.5) is 0 Å². The van der Waals surface area contributed by atoms with Gasteiger partial charge in [-0.2, -0.15) is 0 Å². The van der Waals surface area contributed by atoms with Gasteiger partial charge in [0.15, 0.2) is 0 Å². The Hall–Kier alpha value is -0.0400. The topological polar surface area (TPSA) is 12.0 Å². The van der Waals surface area contributed by atoms with Crippen molar-refractivity contribution in [2.24, 2.45) is 11.8 Å². The molecule has 0 aromatic rings. The van der Waals surface area contributed by atoms with Gasteiger partial charge in [-0.15, -0.1) is 0 Å². The lowest BCUT2D eigenvalue weighted by Gasteiger charge is -2.14. The summed E-state index contributed by atoms with van der Waals surface area (Å²) in [6.07, 6.45) is 8.91. The number of hydrogen-bond acceptors (Lipinski definition) is 1. The molecule has 0 radical (unpaired) electrons. The molecule has 0 saturated heterocycles. The third kappa shape index (κ3) is 2.48. The smallest absolute Gasteiger partial charge is 0.00693 e. The summed E-state index contributed by atoms with van der Waals surface area (Å²) in [6, 6.07) is 0.843. The van der Waals surface area contributed by atoms with Crippen LogP contribution in [0, 0.1) is 11.8 Å². The van der Waals surface area contributed by atoms with E-state index in [4.69, 9.17) is 0 Å². The predicted molar refractivity (Wildman–Crippen MR) is 47.5 cm³/mol. The molecule has 0 amide bonds. The molecule has 2 rings (SSSR count). The monoisotopic (exact) mass is 153 g/mol. The first-order valence-electron chi connectivity index (χ1n) is 5.05. The van der Waals surface area contributed by atoms with Crippen molar-refractivity contribution in [3.63, 3.8) is 0 Å². The Kier molecular flexibility index (Phi) is 2.17. The molecule has 0 aromatic heterocycles. The van der Waals surface area contributed by atoms with E-state index in [-0.39, 0.29) is 0 Å². The molecular formula is C10H19N. The Labute approximate surface area is 69.6 Å². The zero-order valence-corrected chi connectivity index (χ0v) is 7.47. The highest BCUT2D eigenvalue weighted by Gasteiger charge is 2.29. The Morgan fingerprint density at radius 2 is 1.55 bits per heavy atom. The van der Waals surface area contributed by atoms with E-state index in [1.54, 1.807) is 0 Å². The SMILES string of the molecule is CNC(CC1CC1)CC1CC1. The zero-order chi connectivity index (χ0) is 7.68. The molecule has 2 saturated carbocycles. The Balaban J connectivity index is 1.65. The van der Waals surface area contributed by atoms with Crippen molar-refractivity contribution in [2.45, 2.75) is 44.6 Å². The van der Waals surface area contributed by atoms with E-state index >= 15 is 0 Å². The highest BCUT2D eigenvalue weighted by Crippen LogP contribution is 2.38. The first-order valence-corrected chi connectivity index (χ1v) is 5.05. The van der Waals surface area contributed by atoms with Crippen molar-refractivity contribution in [3.05, 3.63) is 0 Å². The lowest BCUT2D eigenvalue weighted by molar-refractivity contribution is 0.442. The van der Waals surface area contributed by atoms with Crippen LogP contribution in [0.15, 0.2) is 0 Å². The van der Waals surface area contributed by atoms with Crippen molar-refractivity contribution in [1.82, 2.24) is 5.32 Å². The maximum atomic E-state index is 3.44. The largest absolute Gasteiger partial charge is 0.317 e. The molecule has 0 heterocycles. The van der Waals surface area contributed by atoms with Gasteiger partial charge in [0.05, 0.1) is 0 Å². The summed E-state index contributed by atoms with van der Waals surface area (Å²) in [5.41, 5.74) is 0. The molecule has 0 spiro atoms. The molecule has 1 heteroatoms. The predicted octanol–water partition coefficient (Wildman–Crippen LogP) is 2.17. The van der Waals surface area contributed by atoms with Crippen molar-refractivity contribution < 1.29 is 0 Å². The van der Waals surface area contributed by atoms with Crippen LogP contribution in [0.5, 0.6) is 0 Å². The third-order valence-electron chi connectivity index (χ3n) is 3.04. The fraction of sp³-hybridized carbons (Fsp3) is 1.00. The van der Waals surface area contributed by atoms with Crippen LogP contribution in [0.3, 0.4) is 0 Å². The summed E-state index contributed by atoms with van der Waals surface area (Å²) < 4.78 is 0. The van der Waals surface area contributed by atoms with Gasteiger partial charge in [-0.1, -0.05) is 25.7 Å². The first-order chi connectivity index (χ1) is 5.38. The maximum Gasteiger partial charge on any atom is 0.00693 e. The number of nitrogens with one attached hydrogen (secondary N) is 1. The lowest BCUT2D eigenvalue weighted by atomic mass is 10.0. The van der Waals surface area contributed by atoms with Gasteiger partial charge in [0, 0.05) is 6.04 Å². The Morgan fingerprint density at radius 1 is 1.09 bits per heavy atom. The van der Waals surface area contributed by atoms with E-state index in [9.17, 15) is 0 Å². The Morgan fingerprint density at radius 3 is 1.82 bits per heavy atom. The molecule has 2 fully saturated rings. The van der Waals surface area contributed by atoms with Crippen molar-refractivity contribution >= 4 is 0 Å². The highest BCUT2D eigenvalue weighted by molar-refractivity contribution is 4.84. The molecular weight excluding hydrogens is 134 g/mol. The van der Waals surface area contributed by atoms with Crippen LogP contribution >= 0.6 is 0 Å². The average molecular weight is 153 g/mol. The third-order valence-corrected chi connectivity index (χ3v) is 3.04. The van der Waals surface area contributed by atoms with Gasteiger partial charge in [-0.05, 0) is 31.7 Å². The van der Waals surface area contributed by atoms with E-state index < -0.39 is 0 Å². The lowest BCUT2D eigenvalue weighted by Crippen LogP contribution is -2.26. The molecule has 0 bridgehead atoms. The second-order valence-electron chi connectivity index (χ2n) is 4.34. The molecule has 0 aliphatic heterocycles. The van der Waals surface area contributed by atoms with Crippen molar-refractivity contribution in [3.8, 4) is 0 Å². The minimum atomic E-state index is 0.843. The van der Waals surface area contributed by atoms with Gasteiger partial charge >= 0.3 is 0 Å². The van der Waals surface area contributed by atoms with E-state index in [0.29, 0.717) is 0 Å². The molecule has 2 aliphatic rings. The highest BCUT2D eigenvalue weighted by atomic mass is 14.9. The fourth-order valence-electron chi connectivity index (χ4n) is 1.84. The van der Waals surface area contributed by atoms with Crippen LogP contribution in [0.25, 0.3) is 0 Å². The van der Waals surface area contributed by atoms with Crippen LogP contribution in [-0.4, -0.2) is 13.1 Å². The van der Waals surface area contributed by atoms with Gasteiger partial charge in [-0.25, -0.2) is 0 Å². The van der Waals surface area contributed by atoms with Gasteiger partial charge < -0.3 is 5.32 Å². The molecule has 0 atom stereocenters. The van der Waals surface area contributed by atoms with Gasteiger partial charge in [-0.3, -0.25) is 0 Å². The van der Waals surface area contributed by atoms with Gasteiger partial charge in [0.25, 0.3) is 0 Å². The standard InChI is InChI=1S/C10H19N/c1-11-10(6-8-2-3-8)7-9-4-5-9/h8-11H,2-7H2,1H3. The number of rotatable bonds is 5. The van der Waals surface area contributed by atoms with Crippen LogP contribution in [0.1, 0.15) is 38.5 Å². The molecule has 64 valence electrons. The summed E-state index contributed by atoms with van der Waals surface area (Å²) >= 11 is 0. The molecule has 0 unspecified atom stereocenters. The van der Waals surface area contributed by atoms with Crippen molar-refractivity contribution in [1.29, 1.82) is 0 Å². The molecule has 1 N–H and O–H groups in total. The molecule has 0 aromatic carbocycles. The number of hydrogen-bond donors (Lipinski definition) is 1. The van der Waals surface area contributed by atoms with E-state index in [0.717, 1.165) is 17.9 Å². The summed E-state index contributed by atoms with van der Waals surface area (Å²) in [6.45, 7) is 0. The minimum Gasteiger partial charge on any atom is -0.317 e. The van der Waals surface area contributed by atoms with Gasteiger partial charge in [0.1, 0.15) is 0 Å². The molecule has 1 nitrogen and oxygen atoms in total. The first kappa shape index (κ1) is 7.60. The summed E-state index contributed by atoms with van der Waals surface area (Å²) in [5, 5.41) is 3.44. The Bertz CT molecular complexity index is 111. The van der Waals surface area contributed by atoms with Gasteiger partial charge in [0.2, 0.25) is 0 Å². The second-order valence-corrected chi connectivity index (χ2v) is 4.34. The molecule has 11 heavy (non-hydrogen) atoms. The van der Waals surface area contributed by atoms with E-state index in [1.165, 1.54) is 38.5 Å². The average Bonchev–Trinajstić information content (AvgIpc) is 2.78. The summed E-state index contributed by atoms with van der Waals surface area (Å²) in [5.74, 6) is 2.18. The van der Waals surface area contributed by atoms with E-state index in [1.807, 2.05) is 0 Å².